The second kappa shape index (κ2) is 14.8. The number of hydrogen-bond acceptors (Lipinski definition) is 10. The van der Waals surface area contributed by atoms with Crippen molar-refractivity contribution in [2.24, 2.45) is 0 Å². The van der Waals surface area contributed by atoms with Crippen LogP contribution in [0.25, 0.3) is 5.57 Å². The third-order valence-corrected chi connectivity index (χ3v) is 9.48. The molecule has 0 amide bonds. The molecule has 0 spiro atoms. The fourth-order valence-electron chi connectivity index (χ4n) is 7.01. The lowest BCUT2D eigenvalue weighted by molar-refractivity contribution is -0.384. The number of nitrogens with zero attached hydrogens (tertiary/aromatic N) is 6. The van der Waals surface area contributed by atoms with Crippen LogP contribution in [-0.4, -0.2) is 62.4 Å². The molecule has 6 rings (SSSR count). The normalized spacial score (nSPS) is 17.8. The molecule has 0 radical (unpaired) electrons. The molecule has 0 saturated carbocycles. The van der Waals surface area contributed by atoms with E-state index in [1.165, 1.54) is 28.1 Å². The summed E-state index contributed by atoms with van der Waals surface area (Å²) in [5, 5.41) is 27.7. The summed E-state index contributed by atoms with van der Waals surface area (Å²) in [6.45, 7) is 8.89. The molecule has 1 aromatic heterocycles. The van der Waals surface area contributed by atoms with E-state index in [-0.39, 0.29) is 23.5 Å². The van der Waals surface area contributed by atoms with E-state index >= 15 is 0 Å². The van der Waals surface area contributed by atoms with Gasteiger partial charge in [-0.3, -0.25) is 10.1 Å². The Morgan fingerprint density at radius 3 is 2.27 bits per heavy atom. The fraction of sp³-hybridized carbons (Fsp3) is 0.351. The number of aryl methyl sites for hydroxylation is 1. The summed E-state index contributed by atoms with van der Waals surface area (Å²) in [5.74, 6) is -0.130. The molecule has 3 heterocycles. The molecule has 1 saturated heterocycles. The molecule has 0 bridgehead atoms. The van der Waals surface area contributed by atoms with Crippen LogP contribution in [0.4, 0.5) is 10.5 Å². The van der Waals surface area contributed by atoms with E-state index in [2.05, 4.69) is 86.3 Å². The van der Waals surface area contributed by atoms with E-state index in [1.54, 1.807) is 19.1 Å². The van der Waals surface area contributed by atoms with Gasteiger partial charge in [0.15, 0.2) is 0 Å². The lowest BCUT2D eigenvalue weighted by atomic mass is 9.68. The van der Waals surface area contributed by atoms with Crippen LogP contribution in [0.5, 0.6) is 0 Å². The van der Waals surface area contributed by atoms with E-state index < -0.39 is 17.0 Å². The first-order chi connectivity index (χ1) is 23.8. The molecule has 1 N–H and O–H groups in total. The number of ether oxygens (including phenoxy) is 2. The van der Waals surface area contributed by atoms with E-state index in [0.29, 0.717) is 35.6 Å². The molecule has 4 aromatic rings. The monoisotopic (exact) mass is 663 g/mol. The Kier molecular flexibility index (Phi) is 10.1. The number of non-ortho nitro benzene ring substituents is 1. The summed E-state index contributed by atoms with van der Waals surface area (Å²) < 4.78 is 11.5. The van der Waals surface area contributed by atoms with Crippen molar-refractivity contribution in [1.29, 1.82) is 0 Å². The van der Waals surface area contributed by atoms with Gasteiger partial charge >= 0.3 is 6.16 Å². The highest BCUT2D eigenvalue weighted by atomic mass is 16.7. The van der Waals surface area contributed by atoms with Crippen molar-refractivity contribution in [3.8, 4) is 0 Å². The Morgan fingerprint density at radius 1 is 0.980 bits per heavy atom. The molecule has 1 fully saturated rings. The van der Waals surface area contributed by atoms with Crippen LogP contribution < -0.4 is 5.32 Å². The van der Waals surface area contributed by atoms with Crippen molar-refractivity contribution in [2.45, 2.75) is 57.9 Å². The van der Waals surface area contributed by atoms with Crippen molar-refractivity contribution in [1.82, 2.24) is 30.4 Å². The van der Waals surface area contributed by atoms with Gasteiger partial charge in [-0.1, -0.05) is 72.8 Å². The first-order valence-electron chi connectivity index (χ1n) is 16.7. The zero-order valence-electron chi connectivity index (χ0n) is 28.0. The number of allylic oxidation sites excluding steroid dienone is 3. The minimum atomic E-state index is -0.846. The highest BCUT2D eigenvalue weighted by Gasteiger charge is 2.38. The summed E-state index contributed by atoms with van der Waals surface area (Å²) in [7, 11) is 0. The SMILES string of the molecule is CCn1nnc(C2=C(C)NC(C)=C(OC(=O)OCCCN3CCC(c4ccccc4)(c4ccccc4)CC3)C2c2cccc([N+](=O)[O-])c2)n1. The van der Waals surface area contributed by atoms with Gasteiger partial charge in [-0.25, -0.2) is 4.79 Å². The second-order valence-corrected chi connectivity index (χ2v) is 12.4. The standard InChI is InChI=1S/C37H41N7O5/c1-4-43-40-35(39-41-43)32-26(2)38-27(3)34(33(32)28-13-11-18-31(25-28)44(46)47)49-36(45)48-24-12-21-42-22-19-37(20-23-42,29-14-7-5-8-15-29)30-16-9-6-10-17-30/h5-11,13-18,25,33,38H,4,12,19-24H2,1-3H3. The number of piperidine rings is 1. The Morgan fingerprint density at radius 2 is 1.65 bits per heavy atom. The molecular formula is C37H41N7O5. The predicted molar refractivity (Wildman–Crippen MR) is 184 cm³/mol. The number of hydrogen-bond donors (Lipinski definition) is 1. The first-order valence-corrected chi connectivity index (χ1v) is 16.7. The largest absolute Gasteiger partial charge is 0.513 e. The van der Waals surface area contributed by atoms with Crippen molar-refractivity contribution in [3.63, 3.8) is 0 Å². The average Bonchev–Trinajstić information content (AvgIpc) is 3.61. The minimum absolute atomic E-state index is 0.0272. The number of nitrogens with one attached hydrogen (secondary N) is 1. The number of tetrazole rings is 1. The predicted octanol–water partition coefficient (Wildman–Crippen LogP) is 6.58. The van der Waals surface area contributed by atoms with Gasteiger partial charge in [0, 0.05) is 35.4 Å². The molecule has 254 valence electrons. The quantitative estimate of drug-likeness (QED) is 0.0811. The maximum Gasteiger partial charge on any atom is 0.513 e. The highest BCUT2D eigenvalue weighted by molar-refractivity contribution is 5.76. The average molecular weight is 664 g/mol. The van der Waals surface area contributed by atoms with E-state index in [9.17, 15) is 14.9 Å². The van der Waals surface area contributed by atoms with Gasteiger partial charge in [-0.05, 0) is 75.0 Å². The van der Waals surface area contributed by atoms with Gasteiger partial charge in [-0.15, -0.1) is 10.2 Å². The van der Waals surface area contributed by atoms with Crippen LogP contribution in [0.2, 0.25) is 0 Å². The number of nitro groups is 1. The minimum Gasteiger partial charge on any atom is -0.434 e. The van der Waals surface area contributed by atoms with Crippen LogP contribution in [0.3, 0.4) is 0 Å². The second-order valence-electron chi connectivity index (χ2n) is 12.4. The van der Waals surface area contributed by atoms with Crippen LogP contribution >= 0.6 is 0 Å². The smallest absolute Gasteiger partial charge is 0.434 e. The number of nitro benzene ring substituents is 1. The molecule has 2 aliphatic rings. The zero-order valence-corrected chi connectivity index (χ0v) is 28.0. The van der Waals surface area contributed by atoms with Crippen LogP contribution in [-0.2, 0) is 21.4 Å². The maximum atomic E-state index is 13.1. The Labute approximate surface area is 285 Å². The number of rotatable bonds is 11. The number of aromatic nitrogens is 4. The number of dihydropyridines is 1. The Bertz CT molecular complexity index is 1810. The topological polar surface area (TPSA) is 138 Å². The molecule has 12 heteroatoms. The Hall–Kier alpha value is -5.36. The third-order valence-electron chi connectivity index (χ3n) is 9.48. The highest BCUT2D eigenvalue weighted by Crippen LogP contribution is 2.44. The molecule has 2 aliphatic heterocycles. The van der Waals surface area contributed by atoms with Crippen molar-refractivity contribution in [2.75, 3.05) is 26.2 Å². The lowest BCUT2D eigenvalue weighted by Gasteiger charge is -2.43. The summed E-state index contributed by atoms with van der Waals surface area (Å²) >= 11 is 0. The van der Waals surface area contributed by atoms with Gasteiger partial charge in [0.1, 0.15) is 5.76 Å². The molecule has 0 aliphatic carbocycles. The molecule has 3 aromatic carbocycles. The van der Waals surface area contributed by atoms with Crippen molar-refractivity contribution >= 4 is 17.4 Å². The summed E-state index contributed by atoms with van der Waals surface area (Å²) in [6.07, 6.45) is 1.80. The molecule has 12 nitrogen and oxygen atoms in total. The number of benzene rings is 3. The molecule has 49 heavy (non-hydrogen) atoms. The van der Waals surface area contributed by atoms with Gasteiger partial charge in [0.2, 0.25) is 5.82 Å². The van der Waals surface area contributed by atoms with Crippen molar-refractivity contribution < 1.29 is 19.2 Å². The van der Waals surface area contributed by atoms with Gasteiger partial charge in [0.05, 0.1) is 29.7 Å². The van der Waals surface area contributed by atoms with E-state index in [4.69, 9.17) is 9.47 Å². The molecule has 1 unspecified atom stereocenters. The zero-order chi connectivity index (χ0) is 34.4. The van der Waals surface area contributed by atoms with Crippen LogP contribution in [0.15, 0.2) is 102 Å². The summed E-state index contributed by atoms with van der Waals surface area (Å²) in [5.41, 5.74) is 5.02. The van der Waals surface area contributed by atoms with Gasteiger partial charge < -0.3 is 19.7 Å². The van der Waals surface area contributed by atoms with E-state index in [1.807, 2.05) is 13.8 Å². The third kappa shape index (κ3) is 7.24. The molecule has 1 atom stereocenters. The van der Waals surface area contributed by atoms with Gasteiger partial charge in [-0.2, -0.15) is 4.80 Å². The van der Waals surface area contributed by atoms with Crippen molar-refractivity contribution in [3.05, 3.63) is 135 Å². The number of carbonyl (C=O) groups is 1. The number of carbonyl (C=O) groups excluding carboxylic acids is 1. The fourth-order valence-corrected chi connectivity index (χ4v) is 7.01. The summed E-state index contributed by atoms with van der Waals surface area (Å²) in [4.78, 5) is 28.2. The molecular weight excluding hydrogens is 622 g/mol. The maximum absolute atomic E-state index is 13.1. The first kappa shape index (κ1) is 33.5. The lowest BCUT2D eigenvalue weighted by Crippen LogP contribution is -2.43. The Balaban J connectivity index is 1.10. The number of likely N-dealkylation sites (tertiary alicyclic amines) is 1. The van der Waals surface area contributed by atoms with Crippen LogP contribution in [0, 0.1) is 10.1 Å². The van der Waals surface area contributed by atoms with Crippen LogP contribution in [0.1, 0.15) is 68.5 Å². The van der Waals surface area contributed by atoms with Gasteiger partial charge in [0.25, 0.3) is 5.69 Å². The van der Waals surface area contributed by atoms with E-state index in [0.717, 1.165) is 38.2 Å². The summed E-state index contributed by atoms with van der Waals surface area (Å²) in [6, 6.07) is 27.8.